The van der Waals surface area contributed by atoms with Crippen LogP contribution >= 0.6 is 22.7 Å². The van der Waals surface area contributed by atoms with Gasteiger partial charge in [0.05, 0.1) is 10.4 Å². The summed E-state index contributed by atoms with van der Waals surface area (Å²) in [6.07, 6.45) is 2.28. The highest BCUT2D eigenvalue weighted by Gasteiger charge is 2.27. The molecule has 0 spiro atoms. The van der Waals surface area contributed by atoms with Gasteiger partial charge in [0.2, 0.25) is 0 Å². The number of hydrogen-bond acceptors (Lipinski definition) is 5. The Kier molecular flexibility index (Phi) is 3.42. The molecule has 3 heterocycles. The quantitative estimate of drug-likeness (QED) is 0.800. The second-order valence-corrected chi connectivity index (χ2v) is 6.55. The minimum atomic E-state index is -0.989. The average molecular weight is 323 g/mol. The van der Waals surface area contributed by atoms with Crippen LogP contribution in [0.4, 0.5) is 0 Å². The molecule has 3 aromatic heterocycles. The molecule has 8 heteroatoms. The van der Waals surface area contributed by atoms with Gasteiger partial charge in [-0.1, -0.05) is 6.92 Å². The minimum Gasteiger partial charge on any atom is -0.480 e. The molecule has 0 aliphatic heterocycles. The number of carbonyl (C=O) groups is 2. The number of fused-ring (bicyclic) bond motifs is 3. The highest BCUT2D eigenvalue weighted by Crippen LogP contribution is 2.29. The number of likely N-dealkylation sites (N-methyl/N-ethyl adjacent to an activating group) is 1. The van der Waals surface area contributed by atoms with Crippen molar-refractivity contribution in [1.82, 2.24) is 14.3 Å². The molecule has 0 aromatic carbocycles. The predicted octanol–water partition coefficient (Wildman–Crippen LogP) is 2.55. The van der Waals surface area contributed by atoms with Gasteiger partial charge in [-0.2, -0.15) is 0 Å². The molecule has 0 radical (unpaired) electrons. The van der Waals surface area contributed by atoms with Crippen LogP contribution in [0, 0.1) is 0 Å². The van der Waals surface area contributed by atoms with Crippen molar-refractivity contribution >= 4 is 49.9 Å². The summed E-state index contributed by atoms with van der Waals surface area (Å²) in [7, 11) is 1.52. The lowest BCUT2D eigenvalue weighted by Crippen LogP contribution is -2.41. The lowest BCUT2D eigenvalue weighted by molar-refractivity contribution is -0.142. The normalized spacial score (nSPS) is 12.9. The maximum absolute atomic E-state index is 12.4. The van der Waals surface area contributed by atoms with Gasteiger partial charge in [-0.05, 0) is 12.5 Å². The zero-order valence-corrected chi connectivity index (χ0v) is 13.1. The smallest absolute Gasteiger partial charge is 0.326 e. The van der Waals surface area contributed by atoms with Crippen molar-refractivity contribution < 1.29 is 14.7 Å². The summed E-state index contributed by atoms with van der Waals surface area (Å²) in [4.78, 5) is 31.5. The van der Waals surface area contributed by atoms with Gasteiger partial charge in [0.25, 0.3) is 5.91 Å². The van der Waals surface area contributed by atoms with Crippen LogP contribution in [-0.2, 0) is 4.79 Å². The van der Waals surface area contributed by atoms with Crippen molar-refractivity contribution in [1.29, 1.82) is 0 Å². The van der Waals surface area contributed by atoms with Gasteiger partial charge in [-0.15, -0.1) is 22.7 Å². The molecule has 3 aromatic rings. The lowest BCUT2D eigenvalue weighted by atomic mass is 10.2. The summed E-state index contributed by atoms with van der Waals surface area (Å²) in [5, 5.41) is 11.1. The third kappa shape index (κ3) is 2.20. The maximum Gasteiger partial charge on any atom is 0.326 e. The zero-order chi connectivity index (χ0) is 15.1. The summed E-state index contributed by atoms with van der Waals surface area (Å²) >= 11 is 2.83. The molecule has 0 bridgehead atoms. The number of aromatic nitrogens is 2. The largest absolute Gasteiger partial charge is 0.480 e. The first kappa shape index (κ1) is 14.0. The molecule has 0 saturated carbocycles. The van der Waals surface area contributed by atoms with E-state index >= 15 is 0 Å². The molecule has 1 N–H and O–H groups in total. The van der Waals surface area contributed by atoms with E-state index in [1.54, 1.807) is 13.0 Å². The molecule has 0 saturated heterocycles. The van der Waals surface area contributed by atoms with Gasteiger partial charge >= 0.3 is 5.97 Å². The first-order valence-electron chi connectivity index (χ1n) is 6.38. The van der Waals surface area contributed by atoms with Crippen molar-refractivity contribution in [2.45, 2.75) is 19.4 Å². The van der Waals surface area contributed by atoms with Crippen LogP contribution in [0.5, 0.6) is 0 Å². The summed E-state index contributed by atoms with van der Waals surface area (Å²) < 4.78 is 1.93. The molecular weight excluding hydrogens is 310 g/mol. The Hall–Kier alpha value is -1.93. The van der Waals surface area contributed by atoms with Gasteiger partial charge in [0, 0.05) is 18.6 Å². The summed E-state index contributed by atoms with van der Waals surface area (Å²) in [6, 6.07) is 0.968. The average Bonchev–Trinajstić information content (AvgIpc) is 3.08. The molecule has 110 valence electrons. The fourth-order valence-electron chi connectivity index (χ4n) is 2.28. The van der Waals surface area contributed by atoms with Gasteiger partial charge in [-0.25, -0.2) is 9.78 Å². The van der Waals surface area contributed by atoms with E-state index < -0.39 is 12.0 Å². The van der Waals surface area contributed by atoms with Crippen molar-refractivity contribution in [2.75, 3.05) is 7.05 Å². The van der Waals surface area contributed by atoms with E-state index in [4.69, 9.17) is 5.11 Å². The third-order valence-electron chi connectivity index (χ3n) is 3.41. The molecule has 3 rings (SSSR count). The first-order chi connectivity index (χ1) is 10.0. The van der Waals surface area contributed by atoms with E-state index in [2.05, 4.69) is 4.98 Å². The fraction of sp³-hybridized carbons (Fsp3) is 0.308. The summed E-state index contributed by atoms with van der Waals surface area (Å²) in [5.41, 5.74) is 0.886. The second kappa shape index (κ2) is 5.12. The Bertz CT molecular complexity index is 832. The topological polar surface area (TPSA) is 74.9 Å². The Morgan fingerprint density at radius 2 is 2.29 bits per heavy atom. The standard InChI is InChI=1S/C13H13N3O3S2/c1-3-7(12(18)19)15(2)11(17)9-6-8-10(21-9)14-13-16(8)4-5-20-13/h4-7H,3H2,1-2H3,(H,18,19). The van der Waals surface area contributed by atoms with E-state index in [9.17, 15) is 9.59 Å². The van der Waals surface area contributed by atoms with Gasteiger partial charge in [0.1, 0.15) is 10.9 Å². The van der Waals surface area contributed by atoms with Crippen LogP contribution < -0.4 is 0 Å². The molecule has 0 aliphatic carbocycles. The van der Waals surface area contributed by atoms with Crippen LogP contribution in [-0.4, -0.2) is 44.4 Å². The Labute approximate surface area is 128 Å². The van der Waals surface area contributed by atoms with E-state index in [0.29, 0.717) is 11.3 Å². The van der Waals surface area contributed by atoms with Crippen LogP contribution in [0.25, 0.3) is 15.3 Å². The van der Waals surface area contributed by atoms with E-state index in [-0.39, 0.29) is 5.91 Å². The maximum atomic E-state index is 12.4. The number of thiazole rings is 1. The summed E-state index contributed by atoms with van der Waals surface area (Å²) in [6.45, 7) is 1.75. The van der Waals surface area contributed by atoms with E-state index in [0.717, 1.165) is 15.3 Å². The monoisotopic (exact) mass is 323 g/mol. The van der Waals surface area contributed by atoms with Crippen LogP contribution in [0.15, 0.2) is 17.6 Å². The van der Waals surface area contributed by atoms with Crippen LogP contribution in [0.1, 0.15) is 23.0 Å². The van der Waals surface area contributed by atoms with Crippen molar-refractivity contribution in [3.63, 3.8) is 0 Å². The molecule has 1 atom stereocenters. The van der Waals surface area contributed by atoms with E-state index in [1.807, 2.05) is 16.0 Å². The molecular formula is C13H13N3O3S2. The Morgan fingerprint density at radius 3 is 2.95 bits per heavy atom. The van der Waals surface area contributed by atoms with Crippen LogP contribution in [0.2, 0.25) is 0 Å². The zero-order valence-electron chi connectivity index (χ0n) is 11.4. The van der Waals surface area contributed by atoms with Crippen molar-refractivity contribution in [3.8, 4) is 0 Å². The number of carbonyl (C=O) groups excluding carboxylic acids is 1. The number of carboxylic acids is 1. The van der Waals surface area contributed by atoms with Gasteiger partial charge in [0.15, 0.2) is 4.96 Å². The SMILES string of the molecule is CCC(C(=O)O)N(C)C(=O)c1cc2c(nc3sccn32)s1. The fourth-order valence-corrected chi connectivity index (χ4v) is 4.07. The number of rotatable bonds is 4. The lowest BCUT2D eigenvalue weighted by Gasteiger charge is -2.22. The molecule has 0 fully saturated rings. The molecule has 6 nitrogen and oxygen atoms in total. The minimum absolute atomic E-state index is 0.281. The van der Waals surface area contributed by atoms with E-state index in [1.165, 1.54) is 34.6 Å². The molecule has 1 amide bonds. The van der Waals surface area contributed by atoms with Crippen molar-refractivity contribution in [2.24, 2.45) is 0 Å². The molecule has 1 unspecified atom stereocenters. The number of amides is 1. The number of thiophene rings is 1. The number of imidazole rings is 1. The van der Waals surface area contributed by atoms with Crippen molar-refractivity contribution in [3.05, 3.63) is 22.5 Å². The number of aliphatic carboxylic acids is 1. The van der Waals surface area contributed by atoms with Gasteiger partial charge < -0.3 is 10.0 Å². The Balaban J connectivity index is 1.97. The highest BCUT2D eigenvalue weighted by atomic mass is 32.1. The third-order valence-corrected chi connectivity index (χ3v) is 5.17. The van der Waals surface area contributed by atoms with Gasteiger partial charge in [-0.3, -0.25) is 9.20 Å². The number of carboxylic acid groups (broad SMARTS) is 1. The Morgan fingerprint density at radius 1 is 1.52 bits per heavy atom. The number of hydrogen-bond donors (Lipinski definition) is 1. The molecule has 0 aliphatic rings. The number of nitrogens with zero attached hydrogens (tertiary/aromatic N) is 3. The molecule has 21 heavy (non-hydrogen) atoms. The summed E-state index contributed by atoms with van der Waals surface area (Å²) in [5.74, 6) is -1.27. The van der Waals surface area contributed by atoms with Crippen LogP contribution in [0.3, 0.4) is 0 Å². The first-order valence-corrected chi connectivity index (χ1v) is 8.07. The highest BCUT2D eigenvalue weighted by molar-refractivity contribution is 7.21. The predicted molar refractivity (Wildman–Crippen MR) is 82.3 cm³/mol. The second-order valence-electron chi connectivity index (χ2n) is 4.65.